The van der Waals surface area contributed by atoms with Crippen LogP contribution in [0.1, 0.15) is 43.2 Å². The Kier molecular flexibility index (Phi) is 5.06. The Morgan fingerprint density at radius 3 is 2.75 bits per heavy atom. The molecule has 0 atom stereocenters. The van der Waals surface area contributed by atoms with Gasteiger partial charge in [-0.2, -0.15) is 0 Å². The van der Waals surface area contributed by atoms with Gasteiger partial charge in [-0.15, -0.1) is 0 Å². The van der Waals surface area contributed by atoms with Gasteiger partial charge in [-0.05, 0) is 36.6 Å². The van der Waals surface area contributed by atoms with Gasteiger partial charge in [-0.3, -0.25) is 4.79 Å². The number of carbonyl (C=O) groups excluding carboxylic acids is 1. The number of hydrogen-bond donors (Lipinski definition) is 1. The van der Waals surface area contributed by atoms with E-state index in [4.69, 9.17) is 18.0 Å². The molecule has 1 saturated heterocycles. The Labute approximate surface area is 123 Å². The molecule has 1 heterocycles. The minimum atomic E-state index is -0.371. The third-order valence-electron chi connectivity index (χ3n) is 3.54. The highest BCUT2D eigenvalue weighted by Gasteiger charge is 2.16. The summed E-state index contributed by atoms with van der Waals surface area (Å²) < 4.78 is 13.6. The van der Waals surface area contributed by atoms with Crippen LogP contribution in [-0.4, -0.2) is 22.3 Å². The van der Waals surface area contributed by atoms with Crippen LogP contribution in [0.5, 0.6) is 0 Å². The second kappa shape index (κ2) is 6.79. The highest BCUT2D eigenvalue weighted by molar-refractivity contribution is 7.80. The Hall–Kier alpha value is -1.49. The molecule has 3 nitrogen and oxygen atoms in total. The molecule has 1 aromatic rings. The number of amides is 1. The SMILES string of the molecule is NC(=S)c1cc(F)cc(CN2CCCCCCC2=O)c1. The first kappa shape index (κ1) is 14.9. The summed E-state index contributed by atoms with van der Waals surface area (Å²) in [6.45, 7) is 1.16. The molecule has 0 saturated carbocycles. The van der Waals surface area contributed by atoms with Crippen LogP contribution in [0.2, 0.25) is 0 Å². The van der Waals surface area contributed by atoms with E-state index in [0.717, 1.165) is 37.8 Å². The fourth-order valence-corrected chi connectivity index (χ4v) is 2.60. The van der Waals surface area contributed by atoms with Gasteiger partial charge in [-0.1, -0.05) is 25.1 Å². The predicted molar refractivity (Wildman–Crippen MR) is 80.8 cm³/mol. The second-order valence-corrected chi connectivity index (χ2v) is 5.63. The van der Waals surface area contributed by atoms with E-state index in [0.29, 0.717) is 18.5 Å². The molecule has 1 aliphatic heterocycles. The van der Waals surface area contributed by atoms with Crippen LogP contribution in [0.25, 0.3) is 0 Å². The van der Waals surface area contributed by atoms with Crippen molar-refractivity contribution in [1.29, 1.82) is 0 Å². The first-order valence-electron chi connectivity index (χ1n) is 6.93. The number of nitrogens with zero attached hydrogens (tertiary/aromatic N) is 1. The number of nitrogens with two attached hydrogens (primary N) is 1. The maximum absolute atomic E-state index is 13.6. The molecule has 1 amide bonds. The Morgan fingerprint density at radius 2 is 2.00 bits per heavy atom. The van der Waals surface area contributed by atoms with E-state index in [2.05, 4.69) is 0 Å². The number of rotatable bonds is 3. The number of carbonyl (C=O) groups is 1. The highest BCUT2D eigenvalue weighted by Crippen LogP contribution is 2.16. The van der Waals surface area contributed by atoms with Gasteiger partial charge in [0.1, 0.15) is 10.8 Å². The van der Waals surface area contributed by atoms with Crippen LogP contribution in [0.15, 0.2) is 18.2 Å². The number of halogens is 1. The average molecular weight is 294 g/mol. The molecule has 1 aromatic carbocycles. The normalized spacial score (nSPS) is 16.6. The predicted octanol–water partition coefficient (Wildman–Crippen LogP) is 2.75. The number of thiocarbonyl (C=S) groups is 1. The van der Waals surface area contributed by atoms with E-state index in [1.807, 2.05) is 0 Å². The molecule has 5 heteroatoms. The first-order chi connectivity index (χ1) is 9.56. The number of benzene rings is 1. The van der Waals surface area contributed by atoms with Gasteiger partial charge in [0.25, 0.3) is 0 Å². The zero-order valence-corrected chi connectivity index (χ0v) is 12.2. The molecule has 1 fully saturated rings. The zero-order chi connectivity index (χ0) is 14.5. The molecule has 0 aromatic heterocycles. The van der Waals surface area contributed by atoms with Gasteiger partial charge in [0.2, 0.25) is 5.91 Å². The lowest BCUT2D eigenvalue weighted by Crippen LogP contribution is -2.32. The van der Waals surface area contributed by atoms with Gasteiger partial charge in [-0.25, -0.2) is 4.39 Å². The van der Waals surface area contributed by atoms with E-state index in [9.17, 15) is 9.18 Å². The monoisotopic (exact) mass is 294 g/mol. The van der Waals surface area contributed by atoms with E-state index in [1.54, 1.807) is 11.0 Å². The Bertz CT molecular complexity index is 519. The minimum Gasteiger partial charge on any atom is -0.389 e. The summed E-state index contributed by atoms with van der Waals surface area (Å²) in [5.41, 5.74) is 6.79. The molecule has 0 radical (unpaired) electrons. The van der Waals surface area contributed by atoms with E-state index < -0.39 is 0 Å². The molecular weight excluding hydrogens is 275 g/mol. The maximum Gasteiger partial charge on any atom is 0.222 e. The highest BCUT2D eigenvalue weighted by atomic mass is 32.1. The van der Waals surface area contributed by atoms with Crippen molar-refractivity contribution < 1.29 is 9.18 Å². The van der Waals surface area contributed by atoms with Crippen LogP contribution in [0.3, 0.4) is 0 Å². The lowest BCUT2D eigenvalue weighted by Gasteiger charge is -2.25. The van der Waals surface area contributed by atoms with Gasteiger partial charge >= 0.3 is 0 Å². The van der Waals surface area contributed by atoms with Gasteiger partial charge in [0.15, 0.2) is 0 Å². The zero-order valence-electron chi connectivity index (χ0n) is 11.4. The largest absolute Gasteiger partial charge is 0.389 e. The maximum atomic E-state index is 13.6. The molecule has 0 spiro atoms. The van der Waals surface area contributed by atoms with Crippen LogP contribution in [0, 0.1) is 5.82 Å². The smallest absolute Gasteiger partial charge is 0.222 e. The fourth-order valence-electron chi connectivity index (χ4n) is 2.49. The number of likely N-dealkylation sites (tertiary alicyclic amines) is 1. The summed E-state index contributed by atoms with van der Waals surface area (Å²) in [4.78, 5) is 14.0. The number of hydrogen-bond acceptors (Lipinski definition) is 2. The van der Waals surface area contributed by atoms with Crippen molar-refractivity contribution >= 4 is 23.1 Å². The molecule has 2 rings (SSSR count). The lowest BCUT2D eigenvalue weighted by atomic mass is 10.1. The topological polar surface area (TPSA) is 46.3 Å². The van der Waals surface area contributed by atoms with Gasteiger partial charge in [0, 0.05) is 25.1 Å². The summed E-state index contributed by atoms with van der Waals surface area (Å²) in [5, 5.41) is 0. The van der Waals surface area contributed by atoms with Crippen molar-refractivity contribution in [3.63, 3.8) is 0 Å². The second-order valence-electron chi connectivity index (χ2n) is 5.19. The minimum absolute atomic E-state index is 0.144. The molecule has 0 aliphatic carbocycles. The standard InChI is InChI=1S/C15H19FN2OS/c16-13-8-11(7-12(9-13)15(17)20)10-18-6-4-2-1-3-5-14(18)19/h7-9H,1-6,10H2,(H2,17,20). The van der Waals surface area contributed by atoms with Crippen molar-refractivity contribution in [2.24, 2.45) is 5.73 Å². The van der Waals surface area contributed by atoms with Crippen molar-refractivity contribution in [2.45, 2.75) is 38.6 Å². The van der Waals surface area contributed by atoms with Crippen LogP contribution in [0.4, 0.5) is 4.39 Å². The molecule has 0 bridgehead atoms. The quantitative estimate of drug-likeness (QED) is 0.872. The molecule has 2 N–H and O–H groups in total. The summed E-state index contributed by atoms with van der Waals surface area (Å²) in [6, 6.07) is 4.52. The molecule has 20 heavy (non-hydrogen) atoms. The lowest BCUT2D eigenvalue weighted by molar-refractivity contribution is -0.132. The molecule has 0 unspecified atom stereocenters. The van der Waals surface area contributed by atoms with Crippen molar-refractivity contribution in [2.75, 3.05) is 6.54 Å². The van der Waals surface area contributed by atoms with Crippen molar-refractivity contribution in [1.82, 2.24) is 4.90 Å². The van der Waals surface area contributed by atoms with E-state index in [-0.39, 0.29) is 16.7 Å². The molecule has 1 aliphatic rings. The summed E-state index contributed by atoms with van der Waals surface area (Å²) in [7, 11) is 0. The molecular formula is C15H19FN2OS. The van der Waals surface area contributed by atoms with Crippen LogP contribution < -0.4 is 5.73 Å². The Morgan fingerprint density at radius 1 is 1.25 bits per heavy atom. The van der Waals surface area contributed by atoms with Crippen LogP contribution in [-0.2, 0) is 11.3 Å². The third-order valence-corrected chi connectivity index (χ3v) is 3.77. The van der Waals surface area contributed by atoms with Gasteiger partial charge in [0.05, 0.1) is 0 Å². The summed E-state index contributed by atoms with van der Waals surface area (Å²) in [5.74, 6) is -0.226. The third kappa shape index (κ3) is 4.00. The summed E-state index contributed by atoms with van der Waals surface area (Å²) >= 11 is 4.88. The van der Waals surface area contributed by atoms with Crippen molar-refractivity contribution in [3.05, 3.63) is 35.1 Å². The van der Waals surface area contributed by atoms with Crippen LogP contribution >= 0.6 is 12.2 Å². The Balaban J connectivity index is 2.14. The van der Waals surface area contributed by atoms with E-state index >= 15 is 0 Å². The van der Waals surface area contributed by atoms with E-state index in [1.165, 1.54) is 12.1 Å². The fraction of sp³-hybridized carbons (Fsp3) is 0.467. The summed E-state index contributed by atoms with van der Waals surface area (Å²) in [6.07, 6.45) is 4.79. The van der Waals surface area contributed by atoms with Crippen molar-refractivity contribution in [3.8, 4) is 0 Å². The molecule has 108 valence electrons. The van der Waals surface area contributed by atoms with Gasteiger partial charge < -0.3 is 10.6 Å². The first-order valence-corrected chi connectivity index (χ1v) is 7.34. The average Bonchev–Trinajstić information content (AvgIpc) is 2.38.